The largest absolute Gasteiger partial charge is 0.351 e. The molecule has 1 aromatic rings. The first-order chi connectivity index (χ1) is 7.25. The van der Waals surface area contributed by atoms with Crippen LogP contribution in [0.1, 0.15) is 16.2 Å². The van der Waals surface area contributed by atoms with Crippen molar-refractivity contribution in [2.24, 2.45) is 5.92 Å². The molecule has 3 nitrogen and oxygen atoms in total. The topological polar surface area (TPSA) is 41.1 Å². The van der Waals surface area contributed by atoms with Crippen molar-refractivity contribution in [1.29, 1.82) is 0 Å². The molecule has 15 heavy (non-hydrogen) atoms. The molecule has 1 aliphatic rings. The Kier molecular flexibility index (Phi) is 3.38. The van der Waals surface area contributed by atoms with Gasteiger partial charge in [0.05, 0.1) is 12.5 Å². The Morgan fingerprint density at radius 1 is 1.67 bits per heavy atom. The summed E-state index contributed by atoms with van der Waals surface area (Å²) in [6.07, 6.45) is 0.968. The fourth-order valence-electron chi connectivity index (χ4n) is 1.78. The second-order valence-electron chi connectivity index (χ2n) is 3.92. The third-order valence-corrected chi connectivity index (χ3v) is 3.66. The first-order valence-electron chi connectivity index (χ1n) is 5.29. The Morgan fingerprint density at radius 3 is 3.13 bits per heavy atom. The van der Waals surface area contributed by atoms with E-state index in [9.17, 15) is 4.79 Å². The van der Waals surface area contributed by atoms with Gasteiger partial charge in [-0.2, -0.15) is 0 Å². The number of rotatable bonds is 3. The fraction of sp³-hybridized carbons (Fsp3) is 0.545. The van der Waals surface area contributed by atoms with Crippen molar-refractivity contribution in [2.45, 2.75) is 19.9 Å². The lowest BCUT2D eigenvalue weighted by atomic mass is 10.1. The van der Waals surface area contributed by atoms with E-state index >= 15 is 0 Å². The van der Waals surface area contributed by atoms with Gasteiger partial charge in [-0.25, -0.2) is 0 Å². The van der Waals surface area contributed by atoms with Crippen LogP contribution in [0, 0.1) is 12.8 Å². The van der Waals surface area contributed by atoms with Crippen molar-refractivity contribution in [2.75, 3.05) is 13.1 Å². The monoisotopic (exact) mass is 224 g/mol. The average molecular weight is 224 g/mol. The predicted molar refractivity (Wildman–Crippen MR) is 61.9 cm³/mol. The third kappa shape index (κ3) is 2.79. The predicted octanol–water partition coefficient (Wildman–Crippen LogP) is 1.28. The molecule has 4 heteroatoms. The highest BCUT2D eigenvalue weighted by molar-refractivity contribution is 7.11. The van der Waals surface area contributed by atoms with E-state index in [0.717, 1.165) is 19.5 Å². The molecule has 1 fully saturated rings. The van der Waals surface area contributed by atoms with Crippen molar-refractivity contribution < 1.29 is 4.79 Å². The van der Waals surface area contributed by atoms with Crippen LogP contribution in [0.5, 0.6) is 0 Å². The lowest BCUT2D eigenvalue weighted by molar-refractivity contribution is -0.124. The van der Waals surface area contributed by atoms with E-state index in [1.807, 2.05) is 0 Å². The SMILES string of the molecule is Cc1ccc(CNC(=O)[C@@H]2CCNC2)s1. The molecule has 2 N–H and O–H groups in total. The molecule has 0 aliphatic carbocycles. The number of hydrogen-bond acceptors (Lipinski definition) is 3. The number of thiophene rings is 1. The van der Waals surface area contributed by atoms with E-state index in [1.165, 1.54) is 9.75 Å². The van der Waals surface area contributed by atoms with Crippen LogP contribution in [0.15, 0.2) is 12.1 Å². The second kappa shape index (κ2) is 4.77. The van der Waals surface area contributed by atoms with Crippen LogP contribution in [-0.4, -0.2) is 19.0 Å². The highest BCUT2D eigenvalue weighted by Gasteiger charge is 2.21. The van der Waals surface area contributed by atoms with Gasteiger partial charge in [-0.3, -0.25) is 4.79 Å². The van der Waals surface area contributed by atoms with Gasteiger partial charge in [-0.1, -0.05) is 0 Å². The van der Waals surface area contributed by atoms with Gasteiger partial charge in [0, 0.05) is 16.3 Å². The molecule has 1 atom stereocenters. The highest BCUT2D eigenvalue weighted by Crippen LogP contribution is 2.15. The molecule has 2 heterocycles. The molecule has 0 aromatic carbocycles. The van der Waals surface area contributed by atoms with Crippen molar-refractivity contribution in [1.82, 2.24) is 10.6 Å². The Balaban J connectivity index is 1.80. The van der Waals surface area contributed by atoms with Crippen molar-refractivity contribution in [3.05, 3.63) is 21.9 Å². The summed E-state index contributed by atoms with van der Waals surface area (Å²) in [5.74, 6) is 0.358. The average Bonchev–Trinajstić information content (AvgIpc) is 2.84. The van der Waals surface area contributed by atoms with Crippen molar-refractivity contribution in [3.8, 4) is 0 Å². The van der Waals surface area contributed by atoms with E-state index in [4.69, 9.17) is 0 Å². The first kappa shape index (κ1) is 10.6. The van der Waals surface area contributed by atoms with Crippen LogP contribution in [0.3, 0.4) is 0 Å². The summed E-state index contributed by atoms with van der Waals surface area (Å²) in [6, 6.07) is 4.16. The van der Waals surface area contributed by atoms with Gasteiger partial charge in [0.25, 0.3) is 0 Å². The van der Waals surface area contributed by atoms with Gasteiger partial charge in [-0.15, -0.1) is 11.3 Å². The highest BCUT2D eigenvalue weighted by atomic mass is 32.1. The maximum atomic E-state index is 11.7. The second-order valence-corrected chi connectivity index (χ2v) is 5.29. The van der Waals surface area contributed by atoms with E-state index in [1.54, 1.807) is 11.3 Å². The fourth-order valence-corrected chi connectivity index (χ4v) is 2.61. The molecule has 1 aliphatic heterocycles. The van der Waals surface area contributed by atoms with E-state index in [-0.39, 0.29) is 11.8 Å². The third-order valence-electron chi connectivity index (χ3n) is 2.66. The standard InChI is InChI=1S/C11H16N2OS/c1-8-2-3-10(15-8)7-13-11(14)9-4-5-12-6-9/h2-3,9,12H,4-7H2,1H3,(H,13,14)/t9-/m1/s1. The molecular weight excluding hydrogens is 208 g/mol. The molecular formula is C11H16N2OS. The van der Waals surface area contributed by atoms with Gasteiger partial charge in [0.2, 0.25) is 5.91 Å². The lowest BCUT2D eigenvalue weighted by Gasteiger charge is -2.08. The van der Waals surface area contributed by atoms with E-state index < -0.39 is 0 Å². The number of hydrogen-bond donors (Lipinski definition) is 2. The van der Waals surface area contributed by atoms with Gasteiger partial charge < -0.3 is 10.6 Å². The molecule has 1 aromatic heterocycles. The minimum absolute atomic E-state index is 0.172. The smallest absolute Gasteiger partial charge is 0.224 e. The summed E-state index contributed by atoms with van der Waals surface area (Å²) < 4.78 is 0. The van der Waals surface area contributed by atoms with E-state index in [0.29, 0.717) is 6.54 Å². The number of aryl methyl sites for hydroxylation is 1. The zero-order valence-electron chi connectivity index (χ0n) is 8.88. The maximum absolute atomic E-state index is 11.7. The minimum atomic E-state index is 0.172. The Morgan fingerprint density at radius 2 is 2.53 bits per heavy atom. The summed E-state index contributed by atoms with van der Waals surface area (Å²) in [7, 11) is 0. The van der Waals surface area contributed by atoms with Gasteiger partial charge in [-0.05, 0) is 32.0 Å². The molecule has 1 amide bonds. The van der Waals surface area contributed by atoms with Gasteiger partial charge in [0.1, 0.15) is 0 Å². The molecule has 82 valence electrons. The minimum Gasteiger partial charge on any atom is -0.351 e. The number of amides is 1. The molecule has 2 rings (SSSR count). The van der Waals surface area contributed by atoms with Crippen molar-refractivity contribution in [3.63, 3.8) is 0 Å². The number of carbonyl (C=O) groups excluding carboxylic acids is 1. The van der Waals surface area contributed by atoms with Crippen LogP contribution in [-0.2, 0) is 11.3 Å². The summed E-state index contributed by atoms with van der Waals surface area (Å²) in [4.78, 5) is 14.2. The molecule has 0 bridgehead atoms. The first-order valence-corrected chi connectivity index (χ1v) is 6.11. The Labute approximate surface area is 93.9 Å². The summed E-state index contributed by atoms with van der Waals surface area (Å²) in [5, 5.41) is 6.18. The molecule has 0 spiro atoms. The quantitative estimate of drug-likeness (QED) is 0.812. The lowest BCUT2D eigenvalue weighted by Crippen LogP contribution is -2.31. The summed E-state index contributed by atoms with van der Waals surface area (Å²) in [6.45, 7) is 4.55. The maximum Gasteiger partial charge on any atom is 0.224 e. The molecule has 0 unspecified atom stereocenters. The zero-order chi connectivity index (χ0) is 10.7. The Bertz CT molecular complexity index is 342. The zero-order valence-corrected chi connectivity index (χ0v) is 9.69. The van der Waals surface area contributed by atoms with E-state index in [2.05, 4.69) is 29.7 Å². The van der Waals surface area contributed by atoms with Crippen LogP contribution < -0.4 is 10.6 Å². The van der Waals surface area contributed by atoms with Crippen LogP contribution in [0.4, 0.5) is 0 Å². The number of carbonyl (C=O) groups is 1. The van der Waals surface area contributed by atoms with Crippen LogP contribution >= 0.6 is 11.3 Å². The van der Waals surface area contributed by atoms with Gasteiger partial charge >= 0.3 is 0 Å². The van der Waals surface area contributed by atoms with Crippen LogP contribution in [0.25, 0.3) is 0 Å². The molecule has 0 radical (unpaired) electrons. The number of nitrogens with one attached hydrogen (secondary N) is 2. The normalized spacial score (nSPS) is 20.5. The molecule has 0 saturated carbocycles. The van der Waals surface area contributed by atoms with Gasteiger partial charge in [0.15, 0.2) is 0 Å². The summed E-state index contributed by atoms with van der Waals surface area (Å²) in [5.41, 5.74) is 0. The van der Waals surface area contributed by atoms with Crippen LogP contribution in [0.2, 0.25) is 0 Å². The Hall–Kier alpha value is -0.870. The van der Waals surface area contributed by atoms with Crippen molar-refractivity contribution >= 4 is 17.2 Å². The summed E-state index contributed by atoms with van der Waals surface area (Å²) >= 11 is 1.74. The molecule has 1 saturated heterocycles.